The molecule has 1 aromatic heterocycles. The van der Waals surface area contributed by atoms with Crippen molar-refractivity contribution in [3.63, 3.8) is 0 Å². The predicted octanol–water partition coefficient (Wildman–Crippen LogP) is -0.182. The lowest BCUT2D eigenvalue weighted by molar-refractivity contribution is 0.0702. The summed E-state index contributed by atoms with van der Waals surface area (Å²) in [7, 11) is -3.17. The third-order valence-corrected chi connectivity index (χ3v) is 5.14. The molecule has 0 bridgehead atoms. The monoisotopic (exact) mass is 304 g/mol. The molecule has 1 fully saturated rings. The lowest BCUT2D eigenvalue weighted by atomic mass is 10.2. The highest BCUT2D eigenvalue weighted by atomic mass is 32.2. The molecule has 1 saturated heterocycles. The Morgan fingerprint density at radius 3 is 2.47 bits per heavy atom. The maximum Gasteiger partial charge on any atom is 0.267 e. The van der Waals surface area contributed by atoms with Crippen molar-refractivity contribution < 1.29 is 13.2 Å². The van der Waals surface area contributed by atoms with Gasteiger partial charge in [0.25, 0.3) is 5.91 Å². The van der Waals surface area contributed by atoms with Crippen LogP contribution in [-0.4, -0.2) is 65.6 Å². The van der Waals surface area contributed by atoms with Crippen LogP contribution in [0.2, 0.25) is 0 Å². The first-order valence-corrected chi connectivity index (χ1v) is 8.61. The van der Waals surface area contributed by atoms with Crippen molar-refractivity contribution in [1.82, 2.24) is 18.8 Å². The Hall–Kier alpha value is -1.06. The second-order valence-corrected chi connectivity index (χ2v) is 7.09. The summed E-state index contributed by atoms with van der Waals surface area (Å²) in [5.41, 5.74) is 0.709. The molecule has 0 unspecified atom stereocenters. The van der Waals surface area contributed by atoms with Gasteiger partial charge < -0.3 is 4.90 Å². The lowest BCUT2D eigenvalue weighted by Crippen LogP contribution is -2.50. The Morgan fingerprint density at radius 2 is 1.95 bits per heavy atom. The highest BCUT2D eigenvalue weighted by Crippen LogP contribution is 2.16. The largest absolute Gasteiger partial charge is 0.335 e. The van der Waals surface area contributed by atoms with Gasteiger partial charge in [-0.05, 0) is 18.0 Å². The minimum Gasteiger partial charge on any atom is -0.335 e. The number of rotatable bonds is 3. The molecule has 19 heavy (non-hydrogen) atoms. The topological polar surface area (TPSA) is 83.5 Å². The molecular formula is C10H16N4O3S2. The Labute approximate surface area is 116 Å². The number of aromatic nitrogens is 2. The molecule has 7 nitrogen and oxygen atoms in total. The fourth-order valence-electron chi connectivity index (χ4n) is 1.97. The van der Waals surface area contributed by atoms with Crippen molar-refractivity contribution in [3.8, 4) is 0 Å². The average molecular weight is 304 g/mol. The van der Waals surface area contributed by atoms with Gasteiger partial charge in [-0.3, -0.25) is 4.79 Å². The second-order valence-electron chi connectivity index (χ2n) is 4.36. The van der Waals surface area contributed by atoms with Crippen molar-refractivity contribution in [2.24, 2.45) is 0 Å². The number of sulfonamides is 1. The number of carbonyl (C=O) groups excluding carboxylic acids is 1. The number of carbonyl (C=O) groups is 1. The second kappa shape index (κ2) is 5.51. The molecular weight excluding hydrogens is 288 g/mol. The highest BCUT2D eigenvalue weighted by molar-refractivity contribution is 7.88. The normalized spacial score (nSPS) is 17.7. The van der Waals surface area contributed by atoms with Gasteiger partial charge in [-0.25, -0.2) is 8.42 Å². The number of nitrogens with zero attached hydrogens (tertiary/aromatic N) is 4. The Balaban J connectivity index is 2.04. The van der Waals surface area contributed by atoms with Gasteiger partial charge in [0, 0.05) is 26.2 Å². The fourth-order valence-corrected chi connectivity index (χ4v) is 3.51. The minimum absolute atomic E-state index is 0.0972. The van der Waals surface area contributed by atoms with Gasteiger partial charge in [0.15, 0.2) is 0 Å². The SMILES string of the molecule is CCc1nnsc1C(=O)N1CCN(S(C)(=O)=O)CC1. The first kappa shape index (κ1) is 14.4. The fraction of sp³-hybridized carbons (Fsp3) is 0.700. The number of amides is 1. The first-order valence-electron chi connectivity index (χ1n) is 5.99. The van der Waals surface area contributed by atoms with Gasteiger partial charge in [0.1, 0.15) is 4.88 Å². The zero-order valence-corrected chi connectivity index (χ0v) is 12.5. The Bertz CT molecular complexity index is 561. The Morgan fingerprint density at radius 1 is 1.32 bits per heavy atom. The van der Waals surface area contributed by atoms with Crippen LogP contribution >= 0.6 is 11.5 Å². The average Bonchev–Trinajstić information content (AvgIpc) is 2.85. The zero-order valence-electron chi connectivity index (χ0n) is 10.9. The number of hydrogen-bond acceptors (Lipinski definition) is 6. The third-order valence-electron chi connectivity index (χ3n) is 3.08. The molecule has 0 spiro atoms. The van der Waals surface area contributed by atoms with E-state index in [1.807, 2.05) is 6.92 Å². The summed E-state index contributed by atoms with van der Waals surface area (Å²) in [5.74, 6) is -0.0972. The van der Waals surface area contributed by atoms with Crippen LogP contribution < -0.4 is 0 Å². The number of aryl methyl sites for hydroxylation is 1. The quantitative estimate of drug-likeness (QED) is 0.773. The molecule has 0 saturated carbocycles. The van der Waals surface area contributed by atoms with E-state index in [0.29, 0.717) is 43.2 Å². The van der Waals surface area contributed by atoms with Crippen molar-refractivity contribution >= 4 is 27.5 Å². The molecule has 1 aliphatic rings. The molecule has 2 rings (SSSR count). The van der Waals surface area contributed by atoms with Crippen LogP contribution in [0.5, 0.6) is 0 Å². The predicted molar refractivity (Wildman–Crippen MR) is 71.6 cm³/mol. The molecule has 0 N–H and O–H groups in total. The van der Waals surface area contributed by atoms with E-state index in [2.05, 4.69) is 9.59 Å². The van der Waals surface area contributed by atoms with Crippen molar-refractivity contribution in [3.05, 3.63) is 10.6 Å². The van der Waals surface area contributed by atoms with E-state index in [-0.39, 0.29) is 5.91 Å². The van der Waals surface area contributed by atoms with Crippen LogP contribution in [0.4, 0.5) is 0 Å². The number of hydrogen-bond donors (Lipinski definition) is 0. The lowest BCUT2D eigenvalue weighted by Gasteiger charge is -2.32. The maximum absolute atomic E-state index is 12.3. The molecule has 0 aromatic carbocycles. The Kier molecular flexibility index (Phi) is 4.16. The van der Waals surface area contributed by atoms with E-state index in [0.717, 1.165) is 11.5 Å². The first-order chi connectivity index (χ1) is 8.93. The summed E-state index contributed by atoms with van der Waals surface area (Å²) in [6.45, 7) is 3.44. The maximum atomic E-state index is 12.3. The van der Waals surface area contributed by atoms with E-state index >= 15 is 0 Å². The van der Waals surface area contributed by atoms with Gasteiger partial charge in [-0.15, -0.1) is 5.10 Å². The molecule has 0 radical (unpaired) electrons. The molecule has 2 heterocycles. The van der Waals surface area contributed by atoms with Crippen LogP contribution in [-0.2, 0) is 16.4 Å². The van der Waals surface area contributed by atoms with Gasteiger partial charge in [-0.1, -0.05) is 11.4 Å². The van der Waals surface area contributed by atoms with Gasteiger partial charge in [0.2, 0.25) is 10.0 Å². The van der Waals surface area contributed by atoms with Crippen LogP contribution in [0.25, 0.3) is 0 Å². The zero-order chi connectivity index (χ0) is 14.0. The van der Waals surface area contributed by atoms with Gasteiger partial charge in [0.05, 0.1) is 11.9 Å². The summed E-state index contributed by atoms with van der Waals surface area (Å²) in [6, 6.07) is 0. The molecule has 0 aliphatic carbocycles. The highest BCUT2D eigenvalue weighted by Gasteiger charge is 2.28. The molecule has 106 valence electrons. The molecule has 9 heteroatoms. The molecule has 1 aromatic rings. The molecule has 1 amide bonds. The van der Waals surface area contributed by atoms with Crippen LogP contribution in [0.3, 0.4) is 0 Å². The molecule has 1 aliphatic heterocycles. The smallest absolute Gasteiger partial charge is 0.267 e. The minimum atomic E-state index is -3.17. The summed E-state index contributed by atoms with van der Waals surface area (Å²) in [4.78, 5) is 14.5. The number of piperazine rings is 1. The summed E-state index contributed by atoms with van der Waals surface area (Å²) in [5, 5.41) is 3.92. The van der Waals surface area contributed by atoms with Crippen LogP contribution in [0.15, 0.2) is 0 Å². The third kappa shape index (κ3) is 3.10. The van der Waals surface area contributed by atoms with Crippen molar-refractivity contribution in [2.75, 3.05) is 32.4 Å². The van der Waals surface area contributed by atoms with Crippen LogP contribution in [0.1, 0.15) is 22.3 Å². The van der Waals surface area contributed by atoms with Crippen LogP contribution in [0, 0.1) is 0 Å². The standard InChI is InChI=1S/C10H16N4O3S2/c1-3-8-9(18-12-11-8)10(15)13-4-6-14(7-5-13)19(2,16)17/h3-7H2,1-2H3. The van der Waals surface area contributed by atoms with E-state index in [4.69, 9.17) is 0 Å². The van der Waals surface area contributed by atoms with E-state index < -0.39 is 10.0 Å². The summed E-state index contributed by atoms with van der Waals surface area (Å²) in [6.07, 6.45) is 1.85. The van der Waals surface area contributed by atoms with E-state index in [1.54, 1.807) is 4.90 Å². The summed E-state index contributed by atoms with van der Waals surface area (Å²) < 4.78 is 28.0. The van der Waals surface area contributed by atoms with Crippen molar-refractivity contribution in [2.45, 2.75) is 13.3 Å². The van der Waals surface area contributed by atoms with Gasteiger partial charge >= 0.3 is 0 Å². The van der Waals surface area contributed by atoms with E-state index in [9.17, 15) is 13.2 Å². The molecule has 0 atom stereocenters. The summed E-state index contributed by atoms with van der Waals surface area (Å²) >= 11 is 1.10. The van der Waals surface area contributed by atoms with Gasteiger partial charge in [-0.2, -0.15) is 4.31 Å². The van der Waals surface area contributed by atoms with E-state index in [1.165, 1.54) is 10.6 Å². The van der Waals surface area contributed by atoms with Crippen molar-refractivity contribution in [1.29, 1.82) is 0 Å².